The molecule has 3 heterocycles. The molecule has 2 N–H and O–H groups in total. The van der Waals surface area contributed by atoms with Crippen LogP contribution in [0.1, 0.15) is 37.1 Å². The van der Waals surface area contributed by atoms with Crippen molar-refractivity contribution in [1.82, 2.24) is 24.9 Å². The predicted octanol–water partition coefficient (Wildman–Crippen LogP) is 0.530. The number of hydrogen-bond acceptors (Lipinski definition) is 6. The Morgan fingerprint density at radius 1 is 1.27 bits per heavy atom. The van der Waals surface area contributed by atoms with Crippen LogP contribution < -0.4 is 10.2 Å². The summed E-state index contributed by atoms with van der Waals surface area (Å²) in [6, 6.07) is 1.57. The molecule has 3 rings (SSSR count). The van der Waals surface area contributed by atoms with Gasteiger partial charge < -0.3 is 15.3 Å². The fourth-order valence-corrected chi connectivity index (χ4v) is 2.40. The van der Waals surface area contributed by atoms with Crippen molar-refractivity contribution < 1.29 is 9.90 Å². The molecule has 0 amide bonds. The van der Waals surface area contributed by atoms with Gasteiger partial charge in [0.25, 0.3) is 5.78 Å². The molecule has 8 heteroatoms. The van der Waals surface area contributed by atoms with Gasteiger partial charge >= 0.3 is 5.97 Å². The van der Waals surface area contributed by atoms with Crippen LogP contribution in [0.5, 0.6) is 0 Å². The highest BCUT2D eigenvalue weighted by atomic mass is 16.4. The summed E-state index contributed by atoms with van der Waals surface area (Å²) < 4.78 is 1.65. The zero-order valence-electron chi connectivity index (χ0n) is 13.0. The van der Waals surface area contributed by atoms with Gasteiger partial charge in [-0.2, -0.15) is 9.50 Å². The van der Waals surface area contributed by atoms with Crippen molar-refractivity contribution in [1.29, 1.82) is 0 Å². The topological polar surface area (TPSA) is 95.6 Å². The van der Waals surface area contributed by atoms with Crippen molar-refractivity contribution in [2.24, 2.45) is 0 Å². The molecule has 118 valence electrons. The zero-order valence-corrected chi connectivity index (χ0v) is 13.0. The third-order valence-corrected chi connectivity index (χ3v) is 3.62. The summed E-state index contributed by atoms with van der Waals surface area (Å²) in [5.41, 5.74) is -0.230. The molecule has 8 nitrogen and oxygen atoms in total. The van der Waals surface area contributed by atoms with E-state index in [-0.39, 0.29) is 11.1 Å². The van der Waals surface area contributed by atoms with E-state index < -0.39 is 5.97 Å². The van der Waals surface area contributed by atoms with Crippen molar-refractivity contribution in [3.8, 4) is 0 Å². The van der Waals surface area contributed by atoms with E-state index in [0.717, 1.165) is 32.0 Å². The van der Waals surface area contributed by atoms with E-state index in [1.54, 1.807) is 10.6 Å². The average Bonchev–Trinajstić information content (AvgIpc) is 2.91. The standard InChI is InChI=1S/C14H20N6O2/c1-14(2,3)12-17-13-16-9(11(21)22)8-10(20(13)18-12)19-6-4-15-5-7-19/h8,15H,4-7H2,1-3H3,(H,21,22). The molecule has 0 aromatic carbocycles. The number of hydrogen-bond donors (Lipinski definition) is 2. The lowest BCUT2D eigenvalue weighted by molar-refractivity contribution is 0.0690. The third-order valence-electron chi connectivity index (χ3n) is 3.62. The Kier molecular flexibility index (Phi) is 3.48. The molecule has 0 radical (unpaired) electrons. The highest BCUT2D eigenvalue weighted by Crippen LogP contribution is 2.22. The molecule has 0 spiro atoms. The second-order valence-corrected chi connectivity index (χ2v) is 6.44. The highest BCUT2D eigenvalue weighted by Gasteiger charge is 2.24. The first-order valence-corrected chi connectivity index (χ1v) is 7.33. The first-order chi connectivity index (χ1) is 10.4. The van der Waals surface area contributed by atoms with Crippen LogP contribution in [-0.2, 0) is 5.41 Å². The summed E-state index contributed by atoms with van der Waals surface area (Å²) in [7, 11) is 0. The van der Waals surface area contributed by atoms with Crippen molar-refractivity contribution >= 4 is 17.6 Å². The molecule has 0 aliphatic carbocycles. The smallest absolute Gasteiger partial charge is 0.354 e. The molecular weight excluding hydrogens is 284 g/mol. The summed E-state index contributed by atoms with van der Waals surface area (Å²) in [6.07, 6.45) is 0. The SMILES string of the molecule is CC(C)(C)c1nc2nc(C(=O)O)cc(N3CCNCC3)n2n1. The minimum Gasteiger partial charge on any atom is -0.477 e. The highest BCUT2D eigenvalue weighted by molar-refractivity contribution is 5.87. The van der Waals surface area contributed by atoms with Crippen LogP contribution >= 0.6 is 0 Å². The van der Waals surface area contributed by atoms with Gasteiger partial charge in [-0.15, -0.1) is 5.10 Å². The fraction of sp³-hybridized carbons (Fsp3) is 0.571. The largest absolute Gasteiger partial charge is 0.477 e. The summed E-state index contributed by atoms with van der Waals surface area (Å²) in [5.74, 6) is 0.656. The number of anilines is 1. The monoisotopic (exact) mass is 304 g/mol. The number of rotatable bonds is 2. The Labute approximate surface area is 128 Å². The van der Waals surface area contributed by atoms with E-state index in [4.69, 9.17) is 0 Å². The van der Waals surface area contributed by atoms with Gasteiger partial charge in [-0.05, 0) is 0 Å². The number of aromatic nitrogens is 4. The van der Waals surface area contributed by atoms with Gasteiger partial charge in [0.2, 0.25) is 0 Å². The maximum atomic E-state index is 11.3. The van der Waals surface area contributed by atoms with Gasteiger partial charge in [0.1, 0.15) is 5.82 Å². The average molecular weight is 304 g/mol. The predicted molar refractivity (Wildman–Crippen MR) is 81.5 cm³/mol. The minimum absolute atomic E-state index is 0.00566. The number of nitrogens with zero attached hydrogens (tertiary/aromatic N) is 5. The van der Waals surface area contributed by atoms with Gasteiger partial charge in [0.15, 0.2) is 11.5 Å². The normalized spacial score (nSPS) is 16.2. The molecular formula is C14H20N6O2. The number of fused-ring (bicyclic) bond motifs is 1. The number of nitrogens with one attached hydrogen (secondary N) is 1. The van der Waals surface area contributed by atoms with Crippen LogP contribution in [0.4, 0.5) is 5.82 Å². The van der Waals surface area contributed by atoms with E-state index in [9.17, 15) is 9.90 Å². The number of aromatic carboxylic acids is 1. The van der Waals surface area contributed by atoms with E-state index in [2.05, 4.69) is 25.3 Å². The Morgan fingerprint density at radius 3 is 2.55 bits per heavy atom. The third kappa shape index (κ3) is 2.61. The molecule has 0 bridgehead atoms. The van der Waals surface area contributed by atoms with Gasteiger partial charge in [-0.1, -0.05) is 20.8 Å². The number of carbonyl (C=O) groups is 1. The fourth-order valence-electron chi connectivity index (χ4n) is 2.40. The van der Waals surface area contributed by atoms with E-state index in [1.165, 1.54) is 0 Å². The second kappa shape index (κ2) is 5.20. The molecule has 0 unspecified atom stereocenters. The van der Waals surface area contributed by atoms with Gasteiger partial charge in [-0.25, -0.2) is 9.78 Å². The van der Waals surface area contributed by atoms with Crippen LogP contribution in [0.25, 0.3) is 5.78 Å². The maximum absolute atomic E-state index is 11.3. The molecule has 1 saturated heterocycles. The first kappa shape index (κ1) is 14.7. The lowest BCUT2D eigenvalue weighted by Crippen LogP contribution is -2.44. The molecule has 22 heavy (non-hydrogen) atoms. The van der Waals surface area contributed by atoms with Crippen molar-refractivity contribution in [3.63, 3.8) is 0 Å². The maximum Gasteiger partial charge on any atom is 0.354 e. The van der Waals surface area contributed by atoms with E-state index in [0.29, 0.717) is 11.6 Å². The van der Waals surface area contributed by atoms with Gasteiger partial charge in [0.05, 0.1) is 0 Å². The Bertz CT molecular complexity index is 712. The lowest BCUT2D eigenvalue weighted by Gasteiger charge is -2.29. The summed E-state index contributed by atoms with van der Waals surface area (Å²) >= 11 is 0. The summed E-state index contributed by atoms with van der Waals surface area (Å²) in [4.78, 5) is 22.0. The molecule has 1 fully saturated rings. The van der Waals surface area contributed by atoms with Crippen LogP contribution in [-0.4, -0.2) is 56.8 Å². The quantitative estimate of drug-likeness (QED) is 0.835. The van der Waals surface area contributed by atoms with Crippen LogP contribution in [0, 0.1) is 0 Å². The van der Waals surface area contributed by atoms with Crippen LogP contribution in [0.3, 0.4) is 0 Å². The van der Waals surface area contributed by atoms with Crippen molar-refractivity contribution in [2.75, 3.05) is 31.1 Å². The van der Waals surface area contributed by atoms with Crippen molar-refractivity contribution in [3.05, 3.63) is 17.6 Å². The number of piperazine rings is 1. The van der Waals surface area contributed by atoms with E-state index >= 15 is 0 Å². The Morgan fingerprint density at radius 2 is 1.95 bits per heavy atom. The molecule has 2 aromatic rings. The summed E-state index contributed by atoms with van der Waals surface area (Å²) in [6.45, 7) is 9.35. The minimum atomic E-state index is -1.06. The van der Waals surface area contributed by atoms with Crippen molar-refractivity contribution in [2.45, 2.75) is 26.2 Å². The second-order valence-electron chi connectivity index (χ2n) is 6.44. The number of carboxylic acids is 1. The van der Waals surface area contributed by atoms with Crippen LogP contribution in [0.2, 0.25) is 0 Å². The van der Waals surface area contributed by atoms with Gasteiger partial charge in [-0.3, -0.25) is 0 Å². The molecule has 1 aliphatic rings. The molecule has 0 saturated carbocycles. The Balaban J connectivity index is 2.18. The lowest BCUT2D eigenvalue weighted by atomic mass is 9.96. The summed E-state index contributed by atoms with van der Waals surface area (Å²) in [5, 5.41) is 17.1. The molecule has 0 atom stereocenters. The van der Waals surface area contributed by atoms with E-state index in [1.807, 2.05) is 20.8 Å². The Hall–Kier alpha value is -2.22. The van der Waals surface area contributed by atoms with Crippen LogP contribution in [0.15, 0.2) is 6.07 Å². The first-order valence-electron chi connectivity index (χ1n) is 7.33. The number of carboxylic acid groups (broad SMARTS) is 1. The zero-order chi connectivity index (χ0) is 15.9. The molecule has 2 aromatic heterocycles. The van der Waals surface area contributed by atoms with Gasteiger partial charge in [0, 0.05) is 37.7 Å². The molecule has 1 aliphatic heterocycles.